The predicted octanol–water partition coefficient (Wildman–Crippen LogP) is 6.67. The first-order valence-electron chi connectivity index (χ1n) is 9.47. The summed E-state index contributed by atoms with van der Waals surface area (Å²) >= 11 is 0. The van der Waals surface area contributed by atoms with Crippen molar-refractivity contribution in [2.45, 2.75) is 0 Å². The van der Waals surface area contributed by atoms with Gasteiger partial charge in [-0.2, -0.15) is 0 Å². The van der Waals surface area contributed by atoms with E-state index in [2.05, 4.69) is 67.8 Å². The monoisotopic (exact) mass is 358 g/mol. The number of hydrogen-bond acceptors (Lipinski definition) is 1. The fourth-order valence-electron chi connectivity index (χ4n) is 5.05. The second-order valence-corrected chi connectivity index (χ2v) is 7.41. The molecule has 6 aromatic carbocycles. The molecule has 0 N–H and O–H groups in total. The molecule has 0 amide bonds. The minimum atomic E-state index is 0.857. The van der Waals surface area contributed by atoms with Crippen molar-refractivity contribution < 1.29 is 4.74 Å². The molecule has 0 aliphatic heterocycles. The molecule has 0 saturated heterocycles. The first-order valence-corrected chi connectivity index (χ1v) is 9.47. The second-order valence-electron chi connectivity index (χ2n) is 7.41. The molecule has 1 nitrogen and oxygen atoms in total. The van der Waals surface area contributed by atoms with Crippen molar-refractivity contribution in [2.24, 2.45) is 0 Å². The van der Waals surface area contributed by atoms with Crippen molar-refractivity contribution in [2.75, 3.05) is 7.11 Å². The third-order valence-corrected chi connectivity index (χ3v) is 6.19. The van der Waals surface area contributed by atoms with Crippen LogP contribution in [-0.4, -0.2) is 7.11 Å². The smallest absolute Gasteiger partial charge is 0.119 e. The Balaban J connectivity index is 2.05. The summed E-state index contributed by atoms with van der Waals surface area (Å²) in [4.78, 5) is 0. The fourth-order valence-corrected chi connectivity index (χ4v) is 5.05. The first-order chi connectivity index (χ1) is 13.7. The van der Waals surface area contributed by atoms with E-state index < -0.39 is 0 Å². The number of benzene rings is 4. The SMILES string of the molecule is C=Cc1c2c(=C)c3cc(OC)ccc3c2c2cccc3c4ccccc4c1c32. The number of methoxy groups -OCH3 is 1. The quantitative estimate of drug-likeness (QED) is 0.336. The second kappa shape index (κ2) is 5.24. The maximum atomic E-state index is 5.47. The summed E-state index contributed by atoms with van der Waals surface area (Å²) in [5.41, 5.74) is 1.18. The van der Waals surface area contributed by atoms with Gasteiger partial charge in [0.1, 0.15) is 5.75 Å². The molecule has 0 unspecified atom stereocenters. The van der Waals surface area contributed by atoms with Crippen molar-refractivity contribution >= 4 is 66.5 Å². The molecule has 0 atom stereocenters. The van der Waals surface area contributed by atoms with Crippen LogP contribution in [0, 0.1) is 0 Å². The van der Waals surface area contributed by atoms with Gasteiger partial charge in [0, 0.05) is 0 Å². The van der Waals surface area contributed by atoms with Gasteiger partial charge in [0.25, 0.3) is 0 Å². The van der Waals surface area contributed by atoms with Crippen LogP contribution in [0.5, 0.6) is 5.75 Å². The van der Waals surface area contributed by atoms with Gasteiger partial charge in [-0.05, 0) is 76.8 Å². The van der Waals surface area contributed by atoms with Crippen LogP contribution in [0.15, 0.2) is 67.2 Å². The van der Waals surface area contributed by atoms with E-state index in [1.165, 1.54) is 54.0 Å². The van der Waals surface area contributed by atoms with Gasteiger partial charge in [-0.15, -0.1) is 0 Å². The lowest BCUT2D eigenvalue weighted by atomic mass is 9.95. The van der Waals surface area contributed by atoms with Crippen molar-refractivity contribution in [3.05, 3.63) is 78.0 Å². The summed E-state index contributed by atoms with van der Waals surface area (Å²) in [6, 6.07) is 21.6. The lowest BCUT2D eigenvalue weighted by Gasteiger charge is -2.08. The van der Waals surface area contributed by atoms with Gasteiger partial charge in [-0.25, -0.2) is 0 Å². The molecule has 0 radical (unpaired) electrons. The largest absolute Gasteiger partial charge is 0.497 e. The highest BCUT2D eigenvalue weighted by molar-refractivity contribution is 6.40. The van der Waals surface area contributed by atoms with Crippen LogP contribution in [0.4, 0.5) is 0 Å². The van der Waals surface area contributed by atoms with Crippen LogP contribution in [-0.2, 0) is 0 Å². The Hall–Kier alpha value is -3.58. The Morgan fingerprint density at radius 2 is 1.32 bits per heavy atom. The molecule has 0 saturated carbocycles. The summed E-state index contributed by atoms with van der Waals surface area (Å²) < 4.78 is 5.47. The molecule has 1 heteroatoms. The van der Waals surface area contributed by atoms with Gasteiger partial charge >= 0.3 is 0 Å². The molecular formula is C27H18O. The van der Waals surface area contributed by atoms with Gasteiger partial charge in [0.05, 0.1) is 7.11 Å². The maximum Gasteiger partial charge on any atom is 0.119 e. The highest BCUT2D eigenvalue weighted by atomic mass is 16.5. The lowest BCUT2D eigenvalue weighted by Crippen LogP contribution is -1.96. The Labute approximate surface area is 162 Å². The van der Waals surface area contributed by atoms with Crippen LogP contribution in [0.1, 0.15) is 5.56 Å². The highest BCUT2D eigenvalue weighted by Gasteiger charge is 2.20. The van der Waals surface area contributed by atoms with Gasteiger partial charge in [-0.3, -0.25) is 0 Å². The van der Waals surface area contributed by atoms with E-state index in [-0.39, 0.29) is 0 Å². The first kappa shape index (κ1) is 15.5. The molecule has 0 aromatic heterocycles. The number of fused-ring (bicyclic) bond motifs is 7. The summed E-state index contributed by atoms with van der Waals surface area (Å²) in [7, 11) is 1.71. The van der Waals surface area contributed by atoms with E-state index in [4.69, 9.17) is 4.74 Å². The van der Waals surface area contributed by atoms with E-state index in [9.17, 15) is 0 Å². The molecule has 0 heterocycles. The zero-order valence-corrected chi connectivity index (χ0v) is 15.7. The van der Waals surface area contributed by atoms with Gasteiger partial charge < -0.3 is 4.74 Å². The molecule has 0 spiro atoms. The minimum Gasteiger partial charge on any atom is -0.497 e. The van der Waals surface area contributed by atoms with Gasteiger partial charge in [0.15, 0.2) is 0 Å². The van der Waals surface area contributed by atoms with Crippen molar-refractivity contribution in [1.29, 1.82) is 0 Å². The van der Waals surface area contributed by atoms with Crippen LogP contribution in [0.25, 0.3) is 66.5 Å². The van der Waals surface area contributed by atoms with Crippen LogP contribution in [0.3, 0.4) is 0 Å². The van der Waals surface area contributed by atoms with E-state index in [1.807, 2.05) is 12.1 Å². The van der Waals surface area contributed by atoms with E-state index in [0.717, 1.165) is 16.4 Å². The predicted molar refractivity (Wildman–Crippen MR) is 123 cm³/mol. The third-order valence-electron chi connectivity index (χ3n) is 6.19. The standard InChI is InChI=1S/C27H18O/c1-4-17-24-15(2)23-14-16(28-3)12-13-21(23)26(24)22-11-7-10-20-18-8-5-6-9-19(18)25(17)27(20)22/h4-14H,1-2H2,3H3. The number of ether oxygens (including phenoxy) is 1. The highest BCUT2D eigenvalue weighted by Crippen LogP contribution is 2.46. The number of rotatable bonds is 2. The summed E-state index contributed by atoms with van der Waals surface area (Å²) in [5.74, 6) is 0.857. The third kappa shape index (κ3) is 1.67. The fraction of sp³-hybridized carbons (Fsp3) is 0.0370. The average Bonchev–Trinajstić information content (AvgIpc) is 3.23. The van der Waals surface area contributed by atoms with Crippen molar-refractivity contribution in [1.82, 2.24) is 0 Å². The molecule has 0 aliphatic rings. The van der Waals surface area contributed by atoms with E-state index in [0.29, 0.717) is 0 Å². The Bertz CT molecular complexity index is 1620. The lowest BCUT2D eigenvalue weighted by molar-refractivity contribution is 0.415. The van der Waals surface area contributed by atoms with Crippen LogP contribution < -0.4 is 9.96 Å². The molecule has 6 aromatic rings. The molecule has 28 heavy (non-hydrogen) atoms. The Morgan fingerprint density at radius 3 is 2.11 bits per heavy atom. The molecule has 132 valence electrons. The molecule has 6 rings (SSSR count). The summed E-state index contributed by atoms with van der Waals surface area (Å²) in [5, 5.41) is 13.7. The minimum absolute atomic E-state index is 0.857. The van der Waals surface area contributed by atoms with E-state index >= 15 is 0 Å². The van der Waals surface area contributed by atoms with Crippen molar-refractivity contribution in [3.8, 4) is 5.75 Å². The molecule has 0 aliphatic carbocycles. The Kier molecular flexibility index (Phi) is 2.89. The van der Waals surface area contributed by atoms with Crippen molar-refractivity contribution in [3.63, 3.8) is 0 Å². The Morgan fingerprint density at radius 1 is 0.679 bits per heavy atom. The summed E-state index contributed by atoms with van der Waals surface area (Å²) in [6.45, 7) is 8.66. The van der Waals surface area contributed by atoms with Crippen LogP contribution in [0.2, 0.25) is 0 Å². The summed E-state index contributed by atoms with van der Waals surface area (Å²) in [6.07, 6.45) is 2.00. The maximum absolute atomic E-state index is 5.47. The topological polar surface area (TPSA) is 9.23 Å². The zero-order valence-electron chi connectivity index (χ0n) is 15.7. The average molecular weight is 358 g/mol. The number of hydrogen-bond donors (Lipinski definition) is 0. The van der Waals surface area contributed by atoms with Gasteiger partial charge in [-0.1, -0.05) is 67.8 Å². The molecular weight excluding hydrogens is 340 g/mol. The molecule has 0 fully saturated rings. The molecule has 0 bridgehead atoms. The van der Waals surface area contributed by atoms with E-state index in [1.54, 1.807) is 7.11 Å². The van der Waals surface area contributed by atoms with Gasteiger partial charge in [0.2, 0.25) is 0 Å². The normalized spacial score (nSPS) is 12.0. The zero-order chi connectivity index (χ0) is 19.0. The van der Waals surface area contributed by atoms with Crippen LogP contribution >= 0.6 is 0 Å².